The third kappa shape index (κ3) is 1.62. The number of hydrogen-bond donors (Lipinski definition) is 1. The Morgan fingerprint density at radius 2 is 2.27 bits per heavy atom. The van der Waals surface area contributed by atoms with Crippen molar-refractivity contribution >= 4 is 29.2 Å². The Morgan fingerprint density at radius 1 is 1.50 bits per heavy atom. The van der Waals surface area contributed by atoms with Gasteiger partial charge >= 0.3 is 5.97 Å². The van der Waals surface area contributed by atoms with Crippen molar-refractivity contribution in [1.82, 2.24) is 0 Å². The molecule has 1 aromatic rings. The molecule has 2 fully saturated rings. The summed E-state index contributed by atoms with van der Waals surface area (Å²) >= 11 is 5.65. The van der Waals surface area contributed by atoms with E-state index in [1.54, 1.807) is 12.2 Å². The van der Waals surface area contributed by atoms with Crippen molar-refractivity contribution in [3.63, 3.8) is 0 Å². The van der Waals surface area contributed by atoms with Crippen LogP contribution < -0.4 is 4.90 Å². The van der Waals surface area contributed by atoms with Crippen LogP contribution >= 0.6 is 11.6 Å². The van der Waals surface area contributed by atoms with E-state index in [4.69, 9.17) is 16.3 Å². The summed E-state index contributed by atoms with van der Waals surface area (Å²) in [7, 11) is 0. The standard InChI is InChI=1S/C15H11ClFNO4/c16-8-2-1-7(5-9(8)17)18-6-15-4-3-10(22-15)11(14(20)21)12(15)13(18)19/h1-5,10-12H,6H2,(H,20,21)/t10-,11+,12-,15+/m0/s1. The maximum atomic E-state index is 13.6. The van der Waals surface area contributed by atoms with Crippen LogP contribution in [0, 0.1) is 17.7 Å². The molecule has 0 radical (unpaired) electrons. The lowest BCUT2D eigenvalue weighted by Gasteiger charge is -2.21. The zero-order valence-electron chi connectivity index (χ0n) is 11.2. The van der Waals surface area contributed by atoms with Gasteiger partial charge in [-0.15, -0.1) is 0 Å². The minimum atomic E-state index is -1.06. The highest BCUT2D eigenvalue weighted by Crippen LogP contribution is 2.52. The van der Waals surface area contributed by atoms with E-state index >= 15 is 0 Å². The molecule has 3 aliphatic heterocycles. The molecule has 0 unspecified atom stereocenters. The molecule has 1 amide bonds. The molecule has 2 saturated heterocycles. The highest BCUT2D eigenvalue weighted by molar-refractivity contribution is 6.30. The Bertz CT molecular complexity index is 736. The lowest BCUT2D eigenvalue weighted by atomic mass is 9.77. The number of carbonyl (C=O) groups excluding carboxylic acids is 1. The van der Waals surface area contributed by atoms with Gasteiger partial charge in [0.15, 0.2) is 0 Å². The first-order valence-corrected chi connectivity index (χ1v) is 7.17. The molecule has 114 valence electrons. The van der Waals surface area contributed by atoms with Crippen molar-refractivity contribution in [2.75, 3.05) is 11.4 Å². The van der Waals surface area contributed by atoms with Gasteiger partial charge in [0, 0.05) is 5.69 Å². The molecule has 2 bridgehead atoms. The van der Waals surface area contributed by atoms with Crippen molar-refractivity contribution in [1.29, 1.82) is 0 Å². The number of fused-ring (bicyclic) bond motifs is 1. The normalized spacial score (nSPS) is 35.3. The number of carboxylic acids is 1. The van der Waals surface area contributed by atoms with Gasteiger partial charge in [0.05, 0.1) is 23.6 Å². The number of carboxylic acid groups (broad SMARTS) is 1. The van der Waals surface area contributed by atoms with Crippen molar-refractivity contribution in [2.24, 2.45) is 11.8 Å². The molecule has 3 aliphatic rings. The van der Waals surface area contributed by atoms with Crippen LogP contribution in [-0.4, -0.2) is 35.2 Å². The van der Waals surface area contributed by atoms with Gasteiger partial charge in [0.1, 0.15) is 17.3 Å². The summed E-state index contributed by atoms with van der Waals surface area (Å²) in [6.07, 6.45) is 2.87. The molecule has 4 rings (SSSR count). The lowest BCUT2D eigenvalue weighted by Crippen LogP contribution is -2.39. The Balaban J connectivity index is 1.74. The van der Waals surface area contributed by atoms with Crippen molar-refractivity contribution < 1.29 is 23.8 Å². The average Bonchev–Trinajstić information content (AvgIpc) is 3.10. The summed E-state index contributed by atoms with van der Waals surface area (Å²) in [4.78, 5) is 25.5. The van der Waals surface area contributed by atoms with E-state index in [1.165, 1.54) is 23.1 Å². The molecule has 0 aliphatic carbocycles. The van der Waals surface area contributed by atoms with Crippen molar-refractivity contribution in [3.8, 4) is 0 Å². The fraction of sp³-hybridized carbons (Fsp3) is 0.333. The Hall–Kier alpha value is -1.92. The molecule has 1 spiro atoms. The number of halogens is 2. The summed E-state index contributed by atoms with van der Waals surface area (Å²) in [6, 6.07) is 4.07. The number of nitrogens with zero attached hydrogens (tertiary/aromatic N) is 1. The number of hydrogen-bond acceptors (Lipinski definition) is 3. The number of aliphatic carboxylic acids is 1. The van der Waals surface area contributed by atoms with Crippen LogP contribution in [0.2, 0.25) is 5.02 Å². The van der Waals surface area contributed by atoms with E-state index in [9.17, 15) is 19.1 Å². The van der Waals surface area contributed by atoms with Crippen LogP contribution in [0.4, 0.5) is 10.1 Å². The highest BCUT2D eigenvalue weighted by Gasteiger charge is 2.67. The predicted octanol–water partition coefficient (Wildman–Crippen LogP) is 1.85. The number of amides is 1. The average molecular weight is 324 g/mol. The van der Waals surface area contributed by atoms with Crippen LogP contribution in [0.1, 0.15) is 0 Å². The van der Waals surface area contributed by atoms with E-state index in [2.05, 4.69) is 0 Å². The molecule has 3 heterocycles. The monoisotopic (exact) mass is 323 g/mol. The SMILES string of the molecule is O=C(O)[C@@H]1[C@@H]2C=C[C@]3(CN(c4ccc(Cl)c(F)c4)C(=O)[C@H]13)O2. The largest absolute Gasteiger partial charge is 0.481 e. The number of rotatable bonds is 2. The first kappa shape index (κ1) is 13.7. The first-order valence-electron chi connectivity index (χ1n) is 6.79. The van der Waals surface area contributed by atoms with Crippen molar-refractivity contribution in [3.05, 3.63) is 41.2 Å². The fourth-order valence-electron chi connectivity index (χ4n) is 3.65. The van der Waals surface area contributed by atoms with Crippen LogP contribution in [0.25, 0.3) is 0 Å². The van der Waals surface area contributed by atoms with Gasteiger partial charge in [-0.2, -0.15) is 0 Å². The quantitative estimate of drug-likeness (QED) is 0.844. The Labute approximate surface area is 129 Å². The van der Waals surface area contributed by atoms with Gasteiger partial charge in [0.2, 0.25) is 5.91 Å². The van der Waals surface area contributed by atoms with Gasteiger partial charge in [-0.1, -0.05) is 23.8 Å². The molecule has 1 aromatic carbocycles. The molecule has 22 heavy (non-hydrogen) atoms. The fourth-order valence-corrected chi connectivity index (χ4v) is 3.77. The van der Waals surface area contributed by atoms with Crippen LogP contribution in [0.15, 0.2) is 30.4 Å². The highest BCUT2D eigenvalue weighted by atomic mass is 35.5. The van der Waals surface area contributed by atoms with Crippen LogP contribution in [-0.2, 0) is 14.3 Å². The number of benzene rings is 1. The topological polar surface area (TPSA) is 66.8 Å². The number of anilines is 1. The third-order valence-corrected chi connectivity index (χ3v) is 4.91. The van der Waals surface area contributed by atoms with E-state index in [0.717, 1.165) is 0 Å². The Morgan fingerprint density at radius 3 is 2.95 bits per heavy atom. The number of carbonyl (C=O) groups is 2. The molecule has 5 nitrogen and oxygen atoms in total. The molecule has 7 heteroatoms. The molecule has 0 saturated carbocycles. The third-order valence-electron chi connectivity index (χ3n) is 4.60. The Kier molecular flexibility index (Phi) is 2.68. The van der Waals surface area contributed by atoms with Gasteiger partial charge < -0.3 is 14.7 Å². The van der Waals surface area contributed by atoms with Crippen LogP contribution in [0.3, 0.4) is 0 Å². The summed E-state index contributed by atoms with van der Waals surface area (Å²) < 4.78 is 19.4. The second-order valence-corrected chi connectivity index (χ2v) is 6.17. The van der Waals surface area contributed by atoms with E-state index in [-0.39, 0.29) is 17.5 Å². The maximum Gasteiger partial charge on any atom is 0.310 e. The maximum absolute atomic E-state index is 13.6. The summed E-state index contributed by atoms with van der Waals surface area (Å²) in [5.41, 5.74) is -0.582. The predicted molar refractivity (Wildman–Crippen MR) is 75.1 cm³/mol. The van der Waals surface area contributed by atoms with Gasteiger partial charge in [-0.25, -0.2) is 4.39 Å². The van der Waals surface area contributed by atoms with E-state index < -0.39 is 35.3 Å². The number of ether oxygens (including phenoxy) is 1. The molecule has 1 N–H and O–H groups in total. The van der Waals surface area contributed by atoms with Gasteiger partial charge in [-0.05, 0) is 18.2 Å². The van der Waals surface area contributed by atoms with Gasteiger partial charge in [-0.3, -0.25) is 9.59 Å². The van der Waals surface area contributed by atoms with Crippen LogP contribution in [0.5, 0.6) is 0 Å². The first-order chi connectivity index (χ1) is 10.4. The lowest BCUT2D eigenvalue weighted by molar-refractivity contribution is -0.146. The molecule has 0 aromatic heterocycles. The molecular weight excluding hydrogens is 313 g/mol. The summed E-state index contributed by atoms with van der Waals surface area (Å²) in [6.45, 7) is 0.175. The molecular formula is C15H11ClFNO4. The summed E-state index contributed by atoms with van der Waals surface area (Å²) in [5, 5.41) is 9.34. The zero-order chi connectivity index (χ0) is 15.6. The minimum Gasteiger partial charge on any atom is -0.481 e. The molecule has 4 atom stereocenters. The minimum absolute atomic E-state index is 0.0331. The second-order valence-electron chi connectivity index (χ2n) is 5.76. The van der Waals surface area contributed by atoms with E-state index in [1.807, 2.05) is 0 Å². The smallest absolute Gasteiger partial charge is 0.310 e. The zero-order valence-corrected chi connectivity index (χ0v) is 12.0. The second kappa shape index (κ2) is 4.30. The summed E-state index contributed by atoms with van der Waals surface area (Å²) in [5.74, 6) is -3.73. The van der Waals surface area contributed by atoms with Gasteiger partial charge in [0.25, 0.3) is 0 Å². The van der Waals surface area contributed by atoms with Crippen molar-refractivity contribution in [2.45, 2.75) is 11.7 Å². The van der Waals surface area contributed by atoms with E-state index in [0.29, 0.717) is 5.69 Å².